The van der Waals surface area contributed by atoms with Crippen LogP contribution in [0.2, 0.25) is 5.02 Å². The number of aromatic hydroxyl groups is 1. The average Bonchev–Trinajstić information content (AvgIpc) is 2.52. The average molecular weight is 378 g/mol. The predicted molar refractivity (Wildman–Crippen MR) is 91.6 cm³/mol. The third-order valence-corrected chi connectivity index (χ3v) is 4.38. The minimum absolute atomic E-state index is 0.0339. The van der Waals surface area contributed by atoms with Gasteiger partial charge in [-0.15, -0.1) is 0 Å². The van der Waals surface area contributed by atoms with E-state index in [0.29, 0.717) is 15.6 Å². The molecule has 3 rings (SSSR count). The Hall–Kier alpha value is -1.84. The Balaban J connectivity index is 2.38. The van der Waals surface area contributed by atoms with Crippen LogP contribution < -0.4 is 0 Å². The van der Waals surface area contributed by atoms with Crippen molar-refractivity contribution in [2.75, 3.05) is 0 Å². The van der Waals surface area contributed by atoms with Gasteiger partial charge in [-0.3, -0.25) is 0 Å². The zero-order chi connectivity index (χ0) is 15.7. The Bertz CT molecular complexity index is 814. The fourth-order valence-electron chi connectivity index (χ4n) is 2.41. The van der Waals surface area contributed by atoms with E-state index in [1.54, 1.807) is 18.2 Å². The smallest absolute Gasteiger partial charge is 0.138 e. The van der Waals surface area contributed by atoms with Crippen LogP contribution in [0.25, 0.3) is 22.3 Å². The maximum absolute atomic E-state index is 14.3. The van der Waals surface area contributed by atoms with Gasteiger partial charge in [-0.25, -0.2) is 4.39 Å². The highest BCUT2D eigenvalue weighted by Crippen LogP contribution is 2.45. The van der Waals surface area contributed by atoms with Crippen LogP contribution in [-0.4, -0.2) is 5.11 Å². The SMILES string of the molecule is Oc1c(Br)ccc(-c2ccccc2)c1-c1c(F)cccc1Cl. The molecule has 0 spiro atoms. The monoisotopic (exact) mass is 376 g/mol. The van der Waals surface area contributed by atoms with Crippen LogP contribution >= 0.6 is 27.5 Å². The zero-order valence-corrected chi connectivity index (χ0v) is 13.7. The topological polar surface area (TPSA) is 20.2 Å². The Kier molecular flexibility index (Phi) is 4.19. The van der Waals surface area contributed by atoms with E-state index in [4.69, 9.17) is 11.6 Å². The second-order valence-corrected chi connectivity index (χ2v) is 6.04. The fraction of sp³-hybridized carbons (Fsp3) is 0. The van der Waals surface area contributed by atoms with E-state index in [-0.39, 0.29) is 16.3 Å². The molecule has 4 heteroatoms. The Labute approximate surface area is 141 Å². The van der Waals surface area contributed by atoms with Crippen molar-refractivity contribution < 1.29 is 9.50 Å². The van der Waals surface area contributed by atoms with Gasteiger partial charge in [0.1, 0.15) is 11.6 Å². The minimum atomic E-state index is -0.474. The van der Waals surface area contributed by atoms with Gasteiger partial charge in [0.05, 0.1) is 9.50 Å². The molecular weight excluding hydrogens is 367 g/mol. The molecule has 0 aliphatic heterocycles. The summed E-state index contributed by atoms with van der Waals surface area (Å²) in [6.07, 6.45) is 0. The van der Waals surface area contributed by atoms with Crippen molar-refractivity contribution >= 4 is 27.5 Å². The molecule has 0 heterocycles. The number of halogens is 3. The van der Waals surface area contributed by atoms with E-state index in [9.17, 15) is 9.50 Å². The lowest BCUT2D eigenvalue weighted by Gasteiger charge is -2.15. The van der Waals surface area contributed by atoms with E-state index >= 15 is 0 Å². The molecule has 1 N–H and O–H groups in total. The summed E-state index contributed by atoms with van der Waals surface area (Å²) in [5.74, 6) is -0.508. The van der Waals surface area contributed by atoms with Gasteiger partial charge in [0.2, 0.25) is 0 Å². The molecule has 0 amide bonds. The molecule has 3 aromatic carbocycles. The first-order valence-electron chi connectivity index (χ1n) is 6.61. The molecule has 22 heavy (non-hydrogen) atoms. The number of rotatable bonds is 2. The molecule has 0 unspecified atom stereocenters. The van der Waals surface area contributed by atoms with E-state index < -0.39 is 5.82 Å². The molecule has 0 radical (unpaired) electrons. The molecule has 3 aromatic rings. The molecule has 0 atom stereocenters. The summed E-state index contributed by atoms with van der Waals surface area (Å²) in [4.78, 5) is 0. The van der Waals surface area contributed by atoms with E-state index in [1.807, 2.05) is 36.4 Å². The molecule has 1 nitrogen and oxygen atoms in total. The van der Waals surface area contributed by atoms with Gasteiger partial charge >= 0.3 is 0 Å². The van der Waals surface area contributed by atoms with Crippen molar-refractivity contribution in [3.63, 3.8) is 0 Å². The van der Waals surface area contributed by atoms with Crippen molar-refractivity contribution in [2.45, 2.75) is 0 Å². The molecule has 0 fully saturated rings. The van der Waals surface area contributed by atoms with Gasteiger partial charge in [0.25, 0.3) is 0 Å². The first-order valence-corrected chi connectivity index (χ1v) is 7.78. The highest BCUT2D eigenvalue weighted by atomic mass is 79.9. The fourth-order valence-corrected chi connectivity index (χ4v) is 3.00. The Morgan fingerprint density at radius 3 is 2.27 bits per heavy atom. The first kappa shape index (κ1) is 15.1. The van der Waals surface area contributed by atoms with Crippen molar-refractivity contribution in [1.29, 1.82) is 0 Å². The van der Waals surface area contributed by atoms with Crippen LogP contribution in [0.5, 0.6) is 5.75 Å². The Morgan fingerprint density at radius 2 is 1.59 bits per heavy atom. The van der Waals surface area contributed by atoms with Gasteiger partial charge in [-0.1, -0.05) is 54.1 Å². The van der Waals surface area contributed by atoms with E-state index in [1.165, 1.54) is 6.07 Å². The molecule has 110 valence electrons. The van der Waals surface area contributed by atoms with Crippen molar-refractivity contribution in [3.05, 3.63) is 76.0 Å². The summed E-state index contributed by atoms with van der Waals surface area (Å²) in [6, 6.07) is 17.5. The normalized spacial score (nSPS) is 10.7. The standard InChI is InChI=1S/C18H11BrClFO/c19-13-10-9-12(11-5-2-1-3-6-11)16(18(13)22)17-14(20)7-4-8-15(17)21/h1-10,22H. The van der Waals surface area contributed by atoms with Crippen molar-refractivity contribution in [3.8, 4) is 28.0 Å². The maximum Gasteiger partial charge on any atom is 0.138 e. The number of hydrogen-bond acceptors (Lipinski definition) is 1. The second-order valence-electron chi connectivity index (χ2n) is 4.78. The molecule has 0 aliphatic rings. The van der Waals surface area contributed by atoms with E-state index in [0.717, 1.165) is 5.56 Å². The lowest BCUT2D eigenvalue weighted by Crippen LogP contribution is -1.91. The van der Waals surface area contributed by atoms with Crippen LogP contribution in [0.3, 0.4) is 0 Å². The maximum atomic E-state index is 14.3. The third-order valence-electron chi connectivity index (χ3n) is 3.43. The lowest BCUT2D eigenvalue weighted by atomic mass is 9.93. The summed E-state index contributed by atoms with van der Waals surface area (Å²) >= 11 is 9.47. The number of phenols is 1. The summed E-state index contributed by atoms with van der Waals surface area (Å²) in [7, 11) is 0. The number of hydrogen-bond donors (Lipinski definition) is 1. The van der Waals surface area contributed by atoms with Crippen LogP contribution in [0.4, 0.5) is 4.39 Å². The summed E-state index contributed by atoms with van der Waals surface area (Å²) in [6.45, 7) is 0. The number of phenolic OH excluding ortho intramolecular Hbond substituents is 1. The second kappa shape index (κ2) is 6.11. The van der Waals surface area contributed by atoms with Gasteiger partial charge < -0.3 is 5.11 Å². The first-order chi connectivity index (χ1) is 10.6. The summed E-state index contributed by atoms with van der Waals surface area (Å²) in [5, 5.41) is 10.7. The summed E-state index contributed by atoms with van der Waals surface area (Å²) in [5.41, 5.74) is 2.17. The highest BCUT2D eigenvalue weighted by molar-refractivity contribution is 9.10. The van der Waals surface area contributed by atoms with Crippen molar-refractivity contribution in [2.24, 2.45) is 0 Å². The lowest BCUT2D eigenvalue weighted by molar-refractivity contribution is 0.473. The highest BCUT2D eigenvalue weighted by Gasteiger charge is 2.20. The molecule has 0 saturated carbocycles. The van der Waals surface area contributed by atoms with Crippen LogP contribution in [-0.2, 0) is 0 Å². The van der Waals surface area contributed by atoms with Crippen molar-refractivity contribution in [1.82, 2.24) is 0 Å². The molecule has 0 bridgehead atoms. The van der Waals surface area contributed by atoms with Gasteiger partial charge in [-0.05, 0) is 45.3 Å². The van der Waals surface area contributed by atoms with Gasteiger partial charge in [-0.2, -0.15) is 0 Å². The largest absolute Gasteiger partial charge is 0.506 e. The molecule has 0 saturated heterocycles. The Morgan fingerprint density at radius 1 is 0.864 bits per heavy atom. The summed E-state index contributed by atoms with van der Waals surface area (Å²) < 4.78 is 14.8. The molecular formula is C18H11BrClFO. The van der Waals surface area contributed by atoms with Gasteiger partial charge in [0.15, 0.2) is 0 Å². The number of benzene rings is 3. The third kappa shape index (κ3) is 2.62. The van der Waals surface area contributed by atoms with Gasteiger partial charge in [0, 0.05) is 11.1 Å². The molecule has 0 aromatic heterocycles. The quantitative estimate of drug-likeness (QED) is 0.557. The zero-order valence-electron chi connectivity index (χ0n) is 11.4. The van der Waals surface area contributed by atoms with Crippen LogP contribution in [0.15, 0.2) is 65.1 Å². The van der Waals surface area contributed by atoms with Crippen LogP contribution in [0.1, 0.15) is 0 Å². The predicted octanol–water partition coefficient (Wildman–Crippen LogP) is 6.28. The minimum Gasteiger partial charge on any atom is -0.506 e. The van der Waals surface area contributed by atoms with E-state index in [2.05, 4.69) is 15.9 Å². The molecule has 0 aliphatic carbocycles. The van der Waals surface area contributed by atoms with Crippen LogP contribution in [0, 0.1) is 5.82 Å².